The number of phenols is 1. The molecule has 1 aromatic rings. The summed E-state index contributed by atoms with van der Waals surface area (Å²) in [6.45, 7) is 0. The minimum absolute atomic E-state index is 0.0671. The standard InChI is InChI=1S/C7H6O3.CH3I/c8-6-4-2-1-3-5(6)7(9)10;1-2/h1-4,8H,(H,9,10);1H3. The highest BCUT2D eigenvalue weighted by Gasteiger charge is 2.05. The third-order valence-corrected chi connectivity index (χ3v) is 1.13. The van der Waals surface area contributed by atoms with E-state index in [1.807, 2.05) is 4.93 Å². The van der Waals surface area contributed by atoms with Crippen molar-refractivity contribution >= 4 is 28.6 Å². The minimum Gasteiger partial charge on any atom is -0.507 e. The van der Waals surface area contributed by atoms with E-state index in [1.165, 1.54) is 12.1 Å². The van der Waals surface area contributed by atoms with Gasteiger partial charge in [-0.2, -0.15) is 0 Å². The van der Waals surface area contributed by atoms with Crippen molar-refractivity contribution in [1.82, 2.24) is 0 Å². The van der Waals surface area contributed by atoms with Crippen molar-refractivity contribution in [2.45, 2.75) is 0 Å². The van der Waals surface area contributed by atoms with Crippen LogP contribution in [0.15, 0.2) is 24.3 Å². The molecule has 12 heavy (non-hydrogen) atoms. The Morgan fingerprint density at radius 1 is 1.33 bits per heavy atom. The number of hydrogen-bond donors (Lipinski definition) is 2. The van der Waals surface area contributed by atoms with Crippen molar-refractivity contribution < 1.29 is 15.0 Å². The molecular weight excluding hydrogens is 271 g/mol. The number of carbonyl (C=O) groups is 1. The number of aromatic carboxylic acids is 1. The van der Waals surface area contributed by atoms with Gasteiger partial charge < -0.3 is 10.2 Å². The van der Waals surface area contributed by atoms with Crippen molar-refractivity contribution in [2.24, 2.45) is 0 Å². The van der Waals surface area contributed by atoms with Crippen molar-refractivity contribution in [2.75, 3.05) is 4.93 Å². The van der Waals surface area contributed by atoms with E-state index in [9.17, 15) is 4.79 Å². The number of benzene rings is 1. The molecule has 0 atom stereocenters. The zero-order valence-corrected chi connectivity index (χ0v) is 8.65. The van der Waals surface area contributed by atoms with Gasteiger partial charge in [0.1, 0.15) is 11.3 Å². The number of hydrogen-bond acceptors (Lipinski definition) is 2. The molecule has 66 valence electrons. The Labute approximate surface area is 84.2 Å². The zero-order valence-electron chi connectivity index (χ0n) is 6.49. The summed E-state index contributed by atoms with van der Waals surface area (Å²) in [5.74, 6) is -1.31. The molecule has 0 aliphatic carbocycles. The van der Waals surface area contributed by atoms with E-state index in [4.69, 9.17) is 10.2 Å². The molecule has 0 aliphatic rings. The minimum atomic E-state index is -1.11. The molecule has 1 aromatic carbocycles. The van der Waals surface area contributed by atoms with Crippen LogP contribution >= 0.6 is 22.6 Å². The number of alkyl halides is 1. The molecule has 3 nitrogen and oxygen atoms in total. The Bertz CT molecular complexity index is 260. The van der Waals surface area contributed by atoms with Crippen LogP contribution in [0.4, 0.5) is 0 Å². The lowest BCUT2D eigenvalue weighted by Crippen LogP contribution is -1.95. The van der Waals surface area contributed by atoms with Gasteiger partial charge in [0.15, 0.2) is 0 Å². The highest BCUT2D eigenvalue weighted by Crippen LogP contribution is 2.14. The summed E-state index contributed by atoms with van der Waals surface area (Å²) in [4.78, 5) is 12.2. The van der Waals surface area contributed by atoms with Gasteiger partial charge in [0, 0.05) is 0 Å². The summed E-state index contributed by atoms with van der Waals surface area (Å²) in [7, 11) is 0. The number of carboxylic acid groups (broad SMARTS) is 1. The molecule has 0 unspecified atom stereocenters. The number of halogens is 1. The molecule has 0 radical (unpaired) electrons. The van der Waals surface area contributed by atoms with Crippen LogP contribution in [0.3, 0.4) is 0 Å². The third-order valence-electron chi connectivity index (χ3n) is 1.13. The molecule has 0 aromatic heterocycles. The second-order valence-electron chi connectivity index (χ2n) is 1.82. The number of carboxylic acids is 1. The van der Waals surface area contributed by atoms with Gasteiger partial charge in [0.2, 0.25) is 0 Å². The van der Waals surface area contributed by atoms with Gasteiger partial charge in [0.05, 0.1) is 0 Å². The van der Waals surface area contributed by atoms with Crippen molar-refractivity contribution in [1.29, 1.82) is 0 Å². The van der Waals surface area contributed by atoms with Crippen molar-refractivity contribution in [3.63, 3.8) is 0 Å². The van der Waals surface area contributed by atoms with Crippen LogP contribution in [0.5, 0.6) is 5.75 Å². The van der Waals surface area contributed by atoms with Crippen LogP contribution in [0.1, 0.15) is 10.4 Å². The fourth-order valence-electron chi connectivity index (χ4n) is 0.654. The lowest BCUT2D eigenvalue weighted by Gasteiger charge is -1.95. The lowest BCUT2D eigenvalue weighted by molar-refractivity contribution is 0.0694. The van der Waals surface area contributed by atoms with Crippen LogP contribution in [0, 0.1) is 0 Å². The first-order chi connectivity index (χ1) is 5.72. The van der Waals surface area contributed by atoms with E-state index >= 15 is 0 Å². The fraction of sp³-hybridized carbons (Fsp3) is 0.125. The molecule has 0 saturated carbocycles. The molecule has 0 spiro atoms. The number of rotatable bonds is 1. The van der Waals surface area contributed by atoms with E-state index < -0.39 is 5.97 Å². The van der Waals surface area contributed by atoms with Gasteiger partial charge in [0.25, 0.3) is 0 Å². The normalized spacial score (nSPS) is 8.17. The maximum absolute atomic E-state index is 10.3. The van der Waals surface area contributed by atoms with E-state index in [-0.39, 0.29) is 11.3 Å². The van der Waals surface area contributed by atoms with Crippen LogP contribution in [0.25, 0.3) is 0 Å². The van der Waals surface area contributed by atoms with Gasteiger partial charge in [-0.1, -0.05) is 34.7 Å². The maximum atomic E-state index is 10.3. The first-order valence-electron chi connectivity index (χ1n) is 3.11. The molecule has 2 N–H and O–H groups in total. The average Bonchev–Trinajstić information content (AvgIpc) is 2.08. The first kappa shape index (κ1) is 11.2. The quantitative estimate of drug-likeness (QED) is 0.612. The van der Waals surface area contributed by atoms with E-state index in [1.54, 1.807) is 12.1 Å². The monoisotopic (exact) mass is 280 g/mol. The maximum Gasteiger partial charge on any atom is 0.339 e. The third kappa shape index (κ3) is 3.08. The summed E-state index contributed by atoms with van der Waals surface area (Å²) in [5.41, 5.74) is -0.0671. The van der Waals surface area contributed by atoms with Gasteiger partial charge in [-0.15, -0.1) is 0 Å². The molecule has 0 amide bonds. The summed E-state index contributed by atoms with van der Waals surface area (Å²) < 4.78 is 0. The number of para-hydroxylation sites is 1. The Morgan fingerprint density at radius 3 is 2.17 bits per heavy atom. The van der Waals surface area contributed by atoms with E-state index in [0.29, 0.717) is 0 Å². The molecule has 0 heterocycles. The molecule has 0 saturated heterocycles. The average molecular weight is 280 g/mol. The first-order valence-corrected chi connectivity index (χ1v) is 5.26. The molecule has 1 rings (SSSR count). The predicted molar refractivity (Wildman–Crippen MR) is 55.0 cm³/mol. The number of aromatic hydroxyl groups is 1. The van der Waals surface area contributed by atoms with Gasteiger partial charge in [-0.05, 0) is 17.1 Å². The topological polar surface area (TPSA) is 57.5 Å². The van der Waals surface area contributed by atoms with Gasteiger partial charge >= 0.3 is 5.97 Å². The fourth-order valence-corrected chi connectivity index (χ4v) is 0.654. The summed E-state index contributed by atoms with van der Waals surface area (Å²) in [5, 5.41) is 17.3. The molecule has 0 fully saturated rings. The highest BCUT2D eigenvalue weighted by atomic mass is 127. The van der Waals surface area contributed by atoms with Crippen LogP contribution in [-0.4, -0.2) is 21.1 Å². The van der Waals surface area contributed by atoms with Crippen LogP contribution < -0.4 is 0 Å². The second-order valence-corrected chi connectivity index (χ2v) is 1.82. The van der Waals surface area contributed by atoms with Crippen molar-refractivity contribution in [3.05, 3.63) is 29.8 Å². The molecule has 0 bridgehead atoms. The van der Waals surface area contributed by atoms with Gasteiger partial charge in [-0.25, -0.2) is 4.79 Å². The largest absolute Gasteiger partial charge is 0.507 e. The summed E-state index contributed by atoms with van der Waals surface area (Å²) in [6, 6.07) is 5.81. The predicted octanol–water partition coefficient (Wildman–Crippen LogP) is 2.14. The lowest BCUT2D eigenvalue weighted by atomic mass is 10.2. The molecular formula is C8H9IO3. The SMILES string of the molecule is CI.O=C(O)c1ccccc1O. The Balaban J connectivity index is 0.000000561. The smallest absolute Gasteiger partial charge is 0.339 e. The molecule has 0 aliphatic heterocycles. The Hall–Kier alpha value is -0.780. The zero-order chi connectivity index (χ0) is 9.56. The molecule has 4 heteroatoms. The van der Waals surface area contributed by atoms with E-state index in [2.05, 4.69) is 22.6 Å². The Kier molecular flexibility index (Phi) is 5.44. The highest BCUT2D eigenvalue weighted by molar-refractivity contribution is 14.1. The second kappa shape index (κ2) is 5.82. The summed E-state index contributed by atoms with van der Waals surface area (Å²) in [6.07, 6.45) is 0. The van der Waals surface area contributed by atoms with E-state index in [0.717, 1.165) is 0 Å². The summed E-state index contributed by atoms with van der Waals surface area (Å²) >= 11 is 2.15. The van der Waals surface area contributed by atoms with Gasteiger partial charge in [-0.3, -0.25) is 0 Å². The Morgan fingerprint density at radius 2 is 1.83 bits per heavy atom. The van der Waals surface area contributed by atoms with Crippen LogP contribution in [0.2, 0.25) is 0 Å². The van der Waals surface area contributed by atoms with Crippen molar-refractivity contribution in [3.8, 4) is 5.75 Å². The van der Waals surface area contributed by atoms with Crippen LogP contribution in [-0.2, 0) is 0 Å².